The molecule has 12 heteroatoms. The van der Waals surface area contributed by atoms with Crippen LogP contribution in [0, 0.1) is 4.78 Å². The molecule has 0 aliphatic carbocycles. The van der Waals surface area contributed by atoms with Gasteiger partial charge in [-0.1, -0.05) is 47.4 Å². The first kappa shape index (κ1) is 26.7. The monoisotopic (exact) mass is 542 g/mol. The number of anilines is 3. The highest BCUT2D eigenvalue weighted by Gasteiger charge is 2.31. The van der Waals surface area contributed by atoms with Crippen LogP contribution in [0.1, 0.15) is 12.5 Å². The van der Waals surface area contributed by atoms with Gasteiger partial charge in [0.25, 0.3) is 0 Å². The van der Waals surface area contributed by atoms with Crippen LogP contribution in [0.3, 0.4) is 0 Å². The van der Waals surface area contributed by atoms with Crippen molar-refractivity contribution in [1.29, 1.82) is 4.78 Å². The molecular formula is C26H23F3N5O3S-. The Kier molecular flexibility index (Phi) is 8.31. The lowest BCUT2D eigenvalue weighted by atomic mass is 10.1. The fraction of sp³-hybridized carbons (Fsp3) is 0.154. The number of aromatic nitrogens is 2. The molecule has 3 N–H and O–H groups in total. The van der Waals surface area contributed by atoms with E-state index in [0.717, 1.165) is 5.56 Å². The van der Waals surface area contributed by atoms with Gasteiger partial charge in [-0.15, -0.1) is 13.2 Å². The van der Waals surface area contributed by atoms with Crippen LogP contribution in [0.2, 0.25) is 0 Å². The maximum atomic E-state index is 12.6. The van der Waals surface area contributed by atoms with Crippen molar-refractivity contribution >= 4 is 28.0 Å². The number of hydrogen-bond donors (Lipinski definition) is 3. The van der Waals surface area contributed by atoms with E-state index < -0.39 is 17.0 Å². The van der Waals surface area contributed by atoms with Crippen LogP contribution in [0.25, 0.3) is 11.1 Å². The lowest BCUT2D eigenvalue weighted by Gasteiger charge is -2.15. The number of halogens is 3. The summed E-state index contributed by atoms with van der Waals surface area (Å²) in [6, 6.07) is 19.5. The highest BCUT2D eigenvalue weighted by Crippen LogP contribution is 2.30. The zero-order valence-electron chi connectivity index (χ0n) is 20.1. The van der Waals surface area contributed by atoms with Crippen LogP contribution in [-0.2, 0) is 21.3 Å². The Morgan fingerprint density at radius 1 is 1.00 bits per heavy atom. The van der Waals surface area contributed by atoms with Gasteiger partial charge in [0, 0.05) is 24.0 Å². The Morgan fingerprint density at radius 2 is 1.76 bits per heavy atom. The van der Waals surface area contributed by atoms with Crippen molar-refractivity contribution in [2.75, 3.05) is 17.2 Å². The Hall–Kier alpha value is -4.32. The first-order chi connectivity index (χ1) is 18.2. The zero-order chi connectivity index (χ0) is 27.1. The third-order valence-corrected chi connectivity index (χ3v) is 5.84. The van der Waals surface area contributed by atoms with E-state index in [2.05, 4.69) is 25.3 Å². The molecule has 0 aliphatic heterocycles. The average Bonchev–Trinajstić information content (AvgIpc) is 2.88. The van der Waals surface area contributed by atoms with Crippen molar-refractivity contribution in [3.05, 3.63) is 84.6 Å². The van der Waals surface area contributed by atoms with Crippen molar-refractivity contribution in [1.82, 2.24) is 9.97 Å². The van der Waals surface area contributed by atoms with Crippen LogP contribution in [0.5, 0.6) is 11.5 Å². The number of hydrogen-bond acceptors (Lipinski definition) is 9. The van der Waals surface area contributed by atoms with Crippen molar-refractivity contribution in [2.24, 2.45) is 0 Å². The molecule has 3 aromatic carbocycles. The van der Waals surface area contributed by atoms with Crippen LogP contribution < -0.4 is 20.1 Å². The van der Waals surface area contributed by atoms with E-state index in [-0.39, 0.29) is 18.2 Å². The topological polar surface area (TPSA) is 109 Å². The summed E-state index contributed by atoms with van der Waals surface area (Å²) in [6.07, 6.45) is -3.17. The molecular weight excluding hydrogens is 519 g/mol. The molecule has 0 atom stereocenters. The summed E-state index contributed by atoms with van der Waals surface area (Å²) in [6.45, 7) is 2.58. The summed E-state index contributed by atoms with van der Waals surface area (Å²) < 4.78 is 66.4. The van der Waals surface area contributed by atoms with E-state index in [1.165, 1.54) is 18.2 Å². The Balaban J connectivity index is 1.63. The van der Waals surface area contributed by atoms with Gasteiger partial charge in [0.2, 0.25) is 5.95 Å². The minimum atomic E-state index is -4.79. The van der Waals surface area contributed by atoms with E-state index in [0.29, 0.717) is 39.9 Å². The van der Waals surface area contributed by atoms with Gasteiger partial charge in [0.15, 0.2) is 0 Å². The highest BCUT2D eigenvalue weighted by atomic mass is 32.2. The number of benzene rings is 3. The van der Waals surface area contributed by atoms with Gasteiger partial charge in [-0.3, -0.25) is 0 Å². The normalized spacial score (nSPS) is 11.3. The minimum absolute atomic E-state index is 0.156. The molecule has 0 spiro atoms. The standard InChI is InChI=1S/C26H23F3N5O3S/c1-2-36-20-11-9-18(10-12-20)23-16-32-25(33-19-6-4-8-22(14-19)38(30)35)34-24(23)31-15-17-5-3-7-21(13-17)37-26(27,28)29/h3-14,16,30H,2,15H2,1H3,(H2,31,32,33,34)/q-1. The maximum Gasteiger partial charge on any atom is 0.573 e. The van der Waals surface area contributed by atoms with Gasteiger partial charge >= 0.3 is 6.36 Å². The van der Waals surface area contributed by atoms with Crippen LogP contribution >= 0.6 is 0 Å². The number of alkyl halides is 3. The molecule has 0 unspecified atom stereocenters. The second-order valence-corrected chi connectivity index (χ2v) is 8.89. The largest absolute Gasteiger partial charge is 0.573 e. The molecule has 0 fully saturated rings. The smallest absolute Gasteiger partial charge is 0.494 e. The maximum absolute atomic E-state index is 12.6. The first-order valence-electron chi connectivity index (χ1n) is 11.4. The van der Waals surface area contributed by atoms with Crippen molar-refractivity contribution in [2.45, 2.75) is 24.7 Å². The lowest BCUT2D eigenvalue weighted by molar-refractivity contribution is -0.274. The fourth-order valence-corrected chi connectivity index (χ4v) is 3.98. The fourth-order valence-electron chi connectivity index (χ4n) is 3.54. The molecule has 8 nitrogen and oxygen atoms in total. The summed E-state index contributed by atoms with van der Waals surface area (Å²) >= 11 is 0. The molecule has 4 aromatic rings. The average molecular weight is 543 g/mol. The molecule has 38 heavy (non-hydrogen) atoms. The molecule has 0 bridgehead atoms. The van der Waals surface area contributed by atoms with E-state index >= 15 is 0 Å². The van der Waals surface area contributed by atoms with Gasteiger partial charge in [-0.05, 0) is 48.4 Å². The number of nitrogens with one attached hydrogen (secondary N) is 3. The van der Waals surface area contributed by atoms with Crippen molar-refractivity contribution < 1.29 is 26.9 Å². The Morgan fingerprint density at radius 3 is 2.47 bits per heavy atom. The second kappa shape index (κ2) is 11.8. The van der Waals surface area contributed by atoms with Crippen molar-refractivity contribution in [3.63, 3.8) is 0 Å². The minimum Gasteiger partial charge on any atom is -0.494 e. The summed E-state index contributed by atoms with van der Waals surface area (Å²) in [7, 11) is -1.90. The molecule has 0 saturated heterocycles. The SMILES string of the molecule is CCOc1ccc(-c2cnc(Nc3cccc([S-](=N)=O)c3)nc2NCc2cccc(OC(F)(F)F)c2)cc1. The van der Waals surface area contributed by atoms with E-state index in [9.17, 15) is 17.4 Å². The van der Waals surface area contributed by atoms with Gasteiger partial charge in [0.05, 0.1) is 6.61 Å². The molecule has 0 aliphatic rings. The number of ether oxygens (including phenoxy) is 2. The van der Waals surface area contributed by atoms with Gasteiger partial charge in [0.1, 0.15) is 17.3 Å². The zero-order valence-corrected chi connectivity index (χ0v) is 20.9. The third-order valence-electron chi connectivity index (χ3n) is 5.16. The van der Waals surface area contributed by atoms with E-state index in [1.807, 2.05) is 31.2 Å². The number of rotatable bonds is 10. The molecule has 4 rings (SSSR count). The molecule has 0 radical (unpaired) electrons. The van der Waals surface area contributed by atoms with Gasteiger partial charge in [-0.25, -0.2) is 4.98 Å². The van der Waals surface area contributed by atoms with Gasteiger partial charge < -0.3 is 29.1 Å². The third kappa shape index (κ3) is 7.35. The van der Waals surface area contributed by atoms with E-state index in [1.54, 1.807) is 36.5 Å². The molecule has 198 valence electrons. The van der Waals surface area contributed by atoms with Crippen LogP contribution in [0.4, 0.5) is 30.6 Å². The Labute approximate surface area is 218 Å². The predicted octanol–water partition coefficient (Wildman–Crippen LogP) is 6.88. The second-order valence-electron chi connectivity index (χ2n) is 7.88. The molecule has 1 heterocycles. The Bertz CT molecular complexity index is 1470. The molecule has 0 amide bonds. The molecule has 0 saturated carbocycles. The first-order valence-corrected chi connectivity index (χ1v) is 12.5. The highest BCUT2D eigenvalue weighted by molar-refractivity contribution is 7.73. The quantitative estimate of drug-likeness (QED) is 0.187. The number of nitrogens with zero attached hydrogens (tertiary/aromatic N) is 2. The van der Waals surface area contributed by atoms with Crippen LogP contribution in [-0.4, -0.2) is 22.9 Å². The molecule has 1 aromatic heterocycles. The predicted molar refractivity (Wildman–Crippen MR) is 138 cm³/mol. The summed E-state index contributed by atoms with van der Waals surface area (Å²) in [5, 5.41) is 6.21. The van der Waals surface area contributed by atoms with E-state index in [4.69, 9.17) is 9.52 Å². The summed E-state index contributed by atoms with van der Waals surface area (Å²) in [5.41, 5.74) is 2.54. The summed E-state index contributed by atoms with van der Waals surface area (Å²) in [5.74, 6) is 1.04. The van der Waals surface area contributed by atoms with Gasteiger partial charge in [-0.2, -0.15) is 15.6 Å². The van der Waals surface area contributed by atoms with Crippen molar-refractivity contribution in [3.8, 4) is 22.6 Å². The lowest BCUT2D eigenvalue weighted by Crippen LogP contribution is -2.17. The van der Waals surface area contributed by atoms with Crippen LogP contribution in [0.15, 0.2) is 83.9 Å². The summed E-state index contributed by atoms with van der Waals surface area (Å²) in [4.78, 5) is 9.29.